The van der Waals surface area contributed by atoms with Crippen molar-refractivity contribution in [1.29, 1.82) is 0 Å². The summed E-state index contributed by atoms with van der Waals surface area (Å²) in [7, 11) is 1.68. The summed E-state index contributed by atoms with van der Waals surface area (Å²) in [6, 6.07) is 13.3. The van der Waals surface area contributed by atoms with E-state index in [1.807, 2.05) is 42.5 Å². The quantitative estimate of drug-likeness (QED) is 0.226. The highest BCUT2D eigenvalue weighted by molar-refractivity contribution is 6.33. The highest BCUT2D eigenvalue weighted by Gasteiger charge is 2.18. The number of anilines is 5. The van der Waals surface area contributed by atoms with E-state index in [9.17, 15) is 4.79 Å². The molecule has 0 unspecified atom stereocenters. The molecule has 2 aromatic carbocycles. The monoisotopic (exact) mass is 535 g/mol. The molecule has 4 aromatic rings. The summed E-state index contributed by atoms with van der Waals surface area (Å²) < 4.78 is 0. The molecule has 5 rings (SSSR count). The molecule has 11 nitrogen and oxygen atoms in total. The molecule has 3 heterocycles. The minimum Gasteiger partial charge on any atom is -0.395 e. The number of rotatable bonds is 10. The number of β-amino-alcohol motifs (C(OH)–C–C–N with tert-alkyl or cyclic N) is 1. The van der Waals surface area contributed by atoms with Crippen molar-refractivity contribution in [2.45, 2.75) is 6.54 Å². The van der Waals surface area contributed by atoms with Gasteiger partial charge in [-0.05, 0) is 30.3 Å². The molecule has 0 bridgehead atoms. The topological polar surface area (TPSA) is 126 Å². The average Bonchev–Trinajstić information content (AvgIpc) is 3.33. The third-order valence-electron chi connectivity index (χ3n) is 6.48. The molecule has 1 fully saturated rings. The number of para-hydroxylation sites is 2. The summed E-state index contributed by atoms with van der Waals surface area (Å²) in [5.74, 6) is 1.71. The van der Waals surface area contributed by atoms with E-state index in [2.05, 4.69) is 35.4 Å². The van der Waals surface area contributed by atoms with Crippen LogP contribution >= 0.6 is 11.6 Å². The third kappa shape index (κ3) is 6.03. The molecule has 4 N–H and O–H groups in total. The van der Waals surface area contributed by atoms with Crippen molar-refractivity contribution in [3.05, 3.63) is 59.5 Å². The van der Waals surface area contributed by atoms with E-state index in [1.54, 1.807) is 7.05 Å². The van der Waals surface area contributed by atoms with Gasteiger partial charge in [-0.1, -0.05) is 23.7 Å². The van der Waals surface area contributed by atoms with E-state index in [4.69, 9.17) is 21.7 Å². The number of fused-ring (bicyclic) bond motifs is 1. The zero-order valence-electron chi connectivity index (χ0n) is 21.1. The SMILES string of the molecule is CN(C=O)c1ccccc1Nc1nc(Nc2ccc3nc(CN4CCN(CCO)CC4)[nH]c3c2)ncc1Cl. The van der Waals surface area contributed by atoms with Gasteiger partial charge in [0, 0.05) is 45.5 Å². The number of hydrogen-bond acceptors (Lipinski definition) is 9. The van der Waals surface area contributed by atoms with Gasteiger partial charge in [0.05, 0.1) is 41.8 Å². The molecular formula is C26H30ClN9O2. The van der Waals surface area contributed by atoms with Crippen LogP contribution in [0.3, 0.4) is 0 Å². The number of nitrogens with one attached hydrogen (secondary N) is 3. The van der Waals surface area contributed by atoms with Gasteiger partial charge in [0.2, 0.25) is 12.4 Å². The van der Waals surface area contributed by atoms with Gasteiger partial charge in [-0.15, -0.1) is 0 Å². The van der Waals surface area contributed by atoms with Crippen LogP contribution in [0, 0.1) is 0 Å². The van der Waals surface area contributed by atoms with Gasteiger partial charge in [0.1, 0.15) is 10.8 Å². The highest BCUT2D eigenvalue weighted by Crippen LogP contribution is 2.30. The number of H-pyrrole nitrogens is 1. The molecule has 12 heteroatoms. The number of halogens is 1. The fourth-order valence-electron chi connectivity index (χ4n) is 4.45. The van der Waals surface area contributed by atoms with Crippen LogP contribution in [0.5, 0.6) is 0 Å². The lowest BCUT2D eigenvalue weighted by atomic mass is 10.2. The van der Waals surface area contributed by atoms with Gasteiger partial charge >= 0.3 is 0 Å². The summed E-state index contributed by atoms with van der Waals surface area (Å²) >= 11 is 6.37. The standard InChI is InChI=1S/C26H30ClN9O2/c1-34(17-38)23-5-3-2-4-21(23)32-25-19(27)15-28-26(33-25)29-18-6-7-20-22(14-18)31-24(30-20)16-36-10-8-35(9-11-36)12-13-37/h2-7,14-15,17,37H,8-13,16H2,1H3,(H,30,31)(H2,28,29,32,33). The van der Waals surface area contributed by atoms with Crippen LogP contribution < -0.4 is 15.5 Å². The van der Waals surface area contributed by atoms with E-state index < -0.39 is 0 Å². The number of carbonyl (C=O) groups is 1. The van der Waals surface area contributed by atoms with Gasteiger partial charge in [-0.2, -0.15) is 4.98 Å². The lowest BCUT2D eigenvalue weighted by Gasteiger charge is -2.33. The molecule has 1 aliphatic heterocycles. The molecule has 1 aliphatic rings. The zero-order valence-corrected chi connectivity index (χ0v) is 21.8. The fraction of sp³-hybridized carbons (Fsp3) is 0.308. The number of aromatic amines is 1. The third-order valence-corrected chi connectivity index (χ3v) is 6.76. The maximum absolute atomic E-state index is 11.3. The average molecular weight is 536 g/mol. The largest absolute Gasteiger partial charge is 0.395 e. The first kappa shape index (κ1) is 25.9. The number of aromatic nitrogens is 4. The minimum atomic E-state index is 0.200. The van der Waals surface area contributed by atoms with E-state index >= 15 is 0 Å². The maximum atomic E-state index is 11.3. The Morgan fingerprint density at radius 1 is 1.11 bits per heavy atom. The number of aliphatic hydroxyl groups is 1. The normalized spacial score (nSPS) is 14.5. The highest BCUT2D eigenvalue weighted by atomic mass is 35.5. The molecule has 1 amide bonds. The number of imidazole rings is 1. The molecule has 38 heavy (non-hydrogen) atoms. The summed E-state index contributed by atoms with van der Waals surface area (Å²) in [5, 5.41) is 15.9. The maximum Gasteiger partial charge on any atom is 0.229 e. The Morgan fingerprint density at radius 2 is 1.89 bits per heavy atom. The summed E-state index contributed by atoms with van der Waals surface area (Å²) in [5.41, 5.74) is 4.00. The van der Waals surface area contributed by atoms with Crippen molar-refractivity contribution in [2.24, 2.45) is 0 Å². The number of benzene rings is 2. The Bertz CT molecular complexity index is 1400. The zero-order chi connectivity index (χ0) is 26.5. The molecule has 0 radical (unpaired) electrons. The number of carbonyl (C=O) groups excluding carboxylic acids is 1. The first-order valence-corrected chi connectivity index (χ1v) is 12.8. The molecule has 0 spiro atoms. The van der Waals surface area contributed by atoms with E-state index in [1.165, 1.54) is 11.1 Å². The van der Waals surface area contributed by atoms with Crippen molar-refractivity contribution in [2.75, 3.05) is 61.9 Å². The van der Waals surface area contributed by atoms with Gasteiger partial charge in [-0.25, -0.2) is 9.97 Å². The smallest absolute Gasteiger partial charge is 0.229 e. The first-order valence-electron chi connectivity index (χ1n) is 12.4. The van der Waals surface area contributed by atoms with Crippen LogP contribution in [0.4, 0.5) is 28.8 Å². The van der Waals surface area contributed by atoms with E-state index in [-0.39, 0.29) is 6.61 Å². The summed E-state index contributed by atoms with van der Waals surface area (Å²) in [4.78, 5) is 34.4. The van der Waals surface area contributed by atoms with Gasteiger partial charge < -0.3 is 25.6 Å². The molecular weight excluding hydrogens is 506 g/mol. The molecule has 1 saturated heterocycles. The van der Waals surface area contributed by atoms with Crippen molar-refractivity contribution in [3.63, 3.8) is 0 Å². The second-order valence-corrected chi connectivity index (χ2v) is 9.54. The van der Waals surface area contributed by atoms with Crippen LogP contribution in [-0.2, 0) is 11.3 Å². The van der Waals surface area contributed by atoms with Crippen LogP contribution in [0.2, 0.25) is 5.02 Å². The Balaban J connectivity index is 1.28. The Morgan fingerprint density at radius 3 is 2.68 bits per heavy atom. The fourth-order valence-corrected chi connectivity index (χ4v) is 4.59. The van der Waals surface area contributed by atoms with Crippen LogP contribution in [0.1, 0.15) is 5.82 Å². The molecule has 0 atom stereocenters. The summed E-state index contributed by atoms with van der Waals surface area (Å²) in [6.07, 6.45) is 2.27. The van der Waals surface area contributed by atoms with Crippen LogP contribution in [-0.4, -0.2) is 87.6 Å². The van der Waals surface area contributed by atoms with Gasteiger partial charge in [0.15, 0.2) is 5.82 Å². The lowest BCUT2D eigenvalue weighted by Crippen LogP contribution is -2.46. The van der Waals surface area contributed by atoms with E-state index in [0.29, 0.717) is 28.2 Å². The van der Waals surface area contributed by atoms with E-state index in [0.717, 1.165) is 68.2 Å². The minimum absolute atomic E-state index is 0.200. The molecule has 198 valence electrons. The second kappa shape index (κ2) is 11.7. The molecule has 0 aliphatic carbocycles. The number of amides is 1. The lowest BCUT2D eigenvalue weighted by molar-refractivity contribution is -0.107. The first-order chi connectivity index (χ1) is 18.5. The number of nitrogens with zero attached hydrogens (tertiary/aromatic N) is 6. The predicted molar refractivity (Wildman–Crippen MR) is 149 cm³/mol. The van der Waals surface area contributed by atoms with Crippen molar-refractivity contribution < 1.29 is 9.90 Å². The Kier molecular flexibility index (Phi) is 7.99. The molecule has 0 saturated carbocycles. The number of hydrogen-bond donors (Lipinski definition) is 4. The van der Waals surface area contributed by atoms with Crippen molar-refractivity contribution in [3.8, 4) is 0 Å². The Hall–Kier alpha value is -3.77. The number of piperazine rings is 1. The second-order valence-electron chi connectivity index (χ2n) is 9.13. The van der Waals surface area contributed by atoms with Crippen molar-refractivity contribution >= 4 is 57.9 Å². The number of aliphatic hydroxyl groups excluding tert-OH is 1. The van der Waals surface area contributed by atoms with Crippen molar-refractivity contribution in [1.82, 2.24) is 29.7 Å². The van der Waals surface area contributed by atoms with Gasteiger partial charge in [0.25, 0.3) is 0 Å². The Labute approximate surface area is 225 Å². The van der Waals surface area contributed by atoms with Crippen LogP contribution in [0.15, 0.2) is 48.7 Å². The van der Waals surface area contributed by atoms with Crippen LogP contribution in [0.25, 0.3) is 11.0 Å². The van der Waals surface area contributed by atoms with Gasteiger partial charge in [-0.3, -0.25) is 14.6 Å². The predicted octanol–water partition coefficient (Wildman–Crippen LogP) is 3.20. The molecule has 2 aromatic heterocycles. The summed E-state index contributed by atoms with van der Waals surface area (Å²) in [6.45, 7) is 5.48.